The van der Waals surface area contributed by atoms with E-state index in [-0.39, 0.29) is 23.0 Å². The van der Waals surface area contributed by atoms with E-state index in [9.17, 15) is 18.3 Å². The first kappa shape index (κ1) is 27.9. The van der Waals surface area contributed by atoms with Gasteiger partial charge in [-0.15, -0.1) is 0 Å². The lowest BCUT2D eigenvalue weighted by Crippen LogP contribution is -2.34. The second-order valence-electron chi connectivity index (χ2n) is 9.21. The first-order valence-electron chi connectivity index (χ1n) is 12.1. The Labute approximate surface area is 225 Å². The van der Waals surface area contributed by atoms with Crippen molar-refractivity contribution in [2.75, 3.05) is 19.4 Å². The molecule has 0 radical (unpaired) electrons. The third kappa shape index (κ3) is 6.12. The molecule has 4 rings (SSSR count). The molecule has 1 saturated carbocycles. The lowest BCUT2D eigenvalue weighted by atomic mass is 9.86. The van der Waals surface area contributed by atoms with Crippen LogP contribution in [0, 0.1) is 5.82 Å². The Hall–Kier alpha value is -3.12. The first-order valence-corrected chi connectivity index (χ1v) is 14.1. The van der Waals surface area contributed by atoms with Crippen LogP contribution in [-0.4, -0.2) is 48.3 Å². The van der Waals surface area contributed by atoms with E-state index in [1.807, 2.05) is 0 Å². The van der Waals surface area contributed by atoms with E-state index in [2.05, 4.69) is 20.0 Å². The summed E-state index contributed by atoms with van der Waals surface area (Å²) in [6.45, 7) is -0.395. The molecule has 1 atom stereocenters. The van der Waals surface area contributed by atoms with Crippen molar-refractivity contribution in [1.82, 2.24) is 20.0 Å². The van der Waals surface area contributed by atoms with Crippen LogP contribution in [0.25, 0.3) is 11.3 Å². The number of hydrogen-bond acceptors (Lipinski definition) is 7. The van der Waals surface area contributed by atoms with Gasteiger partial charge in [0.15, 0.2) is 0 Å². The molecule has 38 heavy (non-hydrogen) atoms. The smallest absolute Gasteiger partial charge is 0.254 e. The van der Waals surface area contributed by atoms with Gasteiger partial charge in [0.05, 0.1) is 35.4 Å². The van der Waals surface area contributed by atoms with Crippen LogP contribution in [0.1, 0.15) is 59.3 Å². The summed E-state index contributed by atoms with van der Waals surface area (Å²) in [5, 5.41) is 12.4. The lowest BCUT2D eigenvalue weighted by molar-refractivity contribution is 0.0912. The van der Waals surface area contributed by atoms with Crippen LogP contribution in [-0.2, 0) is 10.0 Å². The minimum absolute atomic E-state index is 0.00181. The first-order chi connectivity index (χ1) is 18.1. The van der Waals surface area contributed by atoms with Crippen molar-refractivity contribution in [1.29, 1.82) is 0 Å². The predicted molar refractivity (Wildman–Crippen MR) is 144 cm³/mol. The Morgan fingerprint density at radius 3 is 2.58 bits per heavy atom. The summed E-state index contributed by atoms with van der Waals surface area (Å²) >= 11 is 6.00. The van der Waals surface area contributed by atoms with Gasteiger partial charge in [0.1, 0.15) is 17.3 Å². The van der Waals surface area contributed by atoms with Crippen molar-refractivity contribution in [3.05, 3.63) is 76.3 Å². The Kier molecular flexibility index (Phi) is 8.61. The van der Waals surface area contributed by atoms with E-state index in [1.165, 1.54) is 25.2 Å². The number of anilines is 1. The molecule has 9 nitrogen and oxygen atoms in total. The fourth-order valence-corrected chi connectivity index (χ4v) is 6.12. The molecule has 1 amide bonds. The molecule has 0 unspecified atom stereocenters. The van der Waals surface area contributed by atoms with Gasteiger partial charge < -0.3 is 16.2 Å². The summed E-state index contributed by atoms with van der Waals surface area (Å²) in [4.78, 5) is 21.7. The molecule has 1 aliphatic carbocycles. The third-order valence-electron chi connectivity index (χ3n) is 6.86. The highest BCUT2D eigenvalue weighted by Gasteiger charge is 2.31. The maximum atomic E-state index is 15.1. The largest absolute Gasteiger partial charge is 0.394 e. The van der Waals surface area contributed by atoms with Crippen molar-refractivity contribution < 1.29 is 22.7 Å². The van der Waals surface area contributed by atoms with Crippen molar-refractivity contribution in [3.63, 3.8) is 0 Å². The quantitative estimate of drug-likeness (QED) is 0.329. The lowest BCUT2D eigenvalue weighted by Gasteiger charge is -2.27. The number of aliphatic hydroxyl groups excluding tert-OH is 1. The number of aromatic nitrogens is 2. The van der Waals surface area contributed by atoms with E-state index >= 15 is 4.39 Å². The summed E-state index contributed by atoms with van der Waals surface area (Å²) in [7, 11) is -1.91. The number of rotatable bonds is 8. The number of carbonyl (C=O) groups is 1. The summed E-state index contributed by atoms with van der Waals surface area (Å²) in [5.41, 5.74) is 7.73. The maximum Gasteiger partial charge on any atom is 0.254 e. The Morgan fingerprint density at radius 2 is 1.95 bits per heavy atom. The van der Waals surface area contributed by atoms with Crippen molar-refractivity contribution in [3.8, 4) is 11.3 Å². The number of nitrogens with zero attached hydrogens (tertiary/aromatic N) is 2. The molecule has 0 bridgehead atoms. The minimum atomic E-state index is -3.33. The molecular formula is C26H29ClFN5O4S. The van der Waals surface area contributed by atoms with Gasteiger partial charge >= 0.3 is 0 Å². The van der Waals surface area contributed by atoms with Gasteiger partial charge in [0.25, 0.3) is 5.91 Å². The molecule has 5 N–H and O–H groups in total. The molecule has 1 heterocycles. The molecule has 202 valence electrons. The highest BCUT2D eigenvalue weighted by atomic mass is 35.5. The number of sulfonamides is 1. The number of halogens is 2. The van der Waals surface area contributed by atoms with Crippen molar-refractivity contribution >= 4 is 33.3 Å². The van der Waals surface area contributed by atoms with Crippen LogP contribution in [0.4, 0.5) is 10.2 Å². The van der Waals surface area contributed by atoms with E-state index in [1.54, 1.807) is 30.5 Å². The standard InChI is InChI=1S/C26H29ClFN5O4S/c1-30-38(36,37)19-8-5-15(6-9-19)22-13-31-25(29)24(32-22)17-7-10-20(21(28)12-17)26(35)33-23(14-34)16-3-2-4-18(27)11-16/h2-4,7,10-13,15,19,23,30,34H,5-6,8-9,14H2,1H3,(H2,29,31)(H,33,35)/t15?,19?,23-/m1/s1. The predicted octanol–water partition coefficient (Wildman–Crippen LogP) is 3.56. The summed E-state index contributed by atoms with van der Waals surface area (Å²) in [6.07, 6.45) is 3.81. The summed E-state index contributed by atoms with van der Waals surface area (Å²) in [6, 6.07) is 9.94. The van der Waals surface area contributed by atoms with Gasteiger partial charge in [-0.25, -0.2) is 27.5 Å². The van der Waals surface area contributed by atoms with E-state index in [0.29, 0.717) is 47.5 Å². The number of aliphatic hydroxyl groups is 1. The van der Waals surface area contributed by atoms with Crippen LogP contribution < -0.4 is 15.8 Å². The highest BCUT2D eigenvalue weighted by Crippen LogP contribution is 2.36. The Balaban J connectivity index is 1.51. The van der Waals surface area contributed by atoms with Gasteiger partial charge in [0, 0.05) is 16.5 Å². The monoisotopic (exact) mass is 561 g/mol. The van der Waals surface area contributed by atoms with Crippen LogP contribution in [0.2, 0.25) is 5.02 Å². The maximum absolute atomic E-state index is 15.1. The molecular weight excluding hydrogens is 533 g/mol. The Morgan fingerprint density at radius 1 is 1.21 bits per heavy atom. The average molecular weight is 562 g/mol. The van der Waals surface area contributed by atoms with Crippen LogP contribution >= 0.6 is 11.6 Å². The molecule has 0 aliphatic heterocycles. The molecule has 2 aromatic carbocycles. The number of nitrogens with one attached hydrogen (secondary N) is 2. The number of nitrogens with two attached hydrogens (primary N) is 1. The van der Waals surface area contributed by atoms with Gasteiger partial charge in [-0.05, 0) is 62.6 Å². The SMILES string of the molecule is CNS(=O)(=O)C1CCC(c2cnc(N)c(-c3ccc(C(=O)N[C@H](CO)c4cccc(Cl)c4)c(F)c3)n2)CC1. The van der Waals surface area contributed by atoms with Gasteiger partial charge in [-0.2, -0.15) is 0 Å². The van der Waals surface area contributed by atoms with Crippen molar-refractivity contribution in [2.45, 2.75) is 42.9 Å². The third-order valence-corrected chi connectivity index (χ3v) is 9.01. The summed E-state index contributed by atoms with van der Waals surface area (Å²) in [5.74, 6) is -1.37. The second-order valence-corrected chi connectivity index (χ2v) is 11.8. The number of hydrogen-bond donors (Lipinski definition) is 4. The number of amides is 1. The number of nitrogen functional groups attached to an aromatic ring is 1. The van der Waals surface area contributed by atoms with Crippen LogP contribution in [0.15, 0.2) is 48.7 Å². The average Bonchev–Trinajstić information content (AvgIpc) is 2.92. The fourth-order valence-electron chi connectivity index (χ4n) is 4.70. The fraction of sp³-hybridized carbons (Fsp3) is 0.346. The van der Waals surface area contributed by atoms with Gasteiger partial charge in [-0.3, -0.25) is 4.79 Å². The zero-order valence-electron chi connectivity index (χ0n) is 20.7. The molecule has 1 fully saturated rings. The molecule has 0 spiro atoms. The molecule has 12 heteroatoms. The van der Waals surface area contributed by atoms with Crippen molar-refractivity contribution in [2.24, 2.45) is 0 Å². The normalized spacial score (nSPS) is 18.6. The highest BCUT2D eigenvalue weighted by molar-refractivity contribution is 7.90. The van der Waals surface area contributed by atoms with Gasteiger partial charge in [-0.1, -0.05) is 29.8 Å². The molecule has 1 aromatic heterocycles. The molecule has 3 aromatic rings. The topological polar surface area (TPSA) is 147 Å². The van der Waals surface area contributed by atoms with E-state index in [0.717, 1.165) is 0 Å². The molecule has 1 aliphatic rings. The van der Waals surface area contributed by atoms with Gasteiger partial charge in [0.2, 0.25) is 10.0 Å². The molecule has 0 saturated heterocycles. The van der Waals surface area contributed by atoms with E-state index < -0.39 is 39.6 Å². The Bertz CT molecular complexity index is 1430. The summed E-state index contributed by atoms with van der Waals surface area (Å²) < 4.78 is 41.7. The van der Waals surface area contributed by atoms with Crippen LogP contribution in [0.3, 0.4) is 0 Å². The number of carbonyl (C=O) groups excluding carboxylic acids is 1. The van der Waals surface area contributed by atoms with Crippen LogP contribution in [0.5, 0.6) is 0 Å². The zero-order valence-corrected chi connectivity index (χ0v) is 22.3. The minimum Gasteiger partial charge on any atom is -0.394 e. The second kappa shape index (κ2) is 11.7. The van der Waals surface area contributed by atoms with E-state index in [4.69, 9.17) is 17.3 Å². The zero-order chi connectivity index (χ0) is 27.4. The number of benzene rings is 2.